The smallest absolute Gasteiger partial charge is 0.255 e. The van der Waals surface area contributed by atoms with Gasteiger partial charge in [0.05, 0.1) is 10.7 Å². The van der Waals surface area contributed by atoms with Crippen molar-refractivity contribution in [3.63, 3.8) is 0 Å². The number of hydrogen-bond acceptors (Lipinski definition) is 3. The standard InChI is InChI=1S/C20H20ClN3O3/c1-14(25)23-10-12-24(13-11-23)20(27)16-8-6-15(7-9-16)19(26)22-18-5-3-2-4-17(18)21/h2-9H,10-13H2,1H3,(H,22,26). The van der Waals surface area contributed by atoms with E-state index in [0.29, 0.717) is 48.0 Å². The number of carbonyl (C=O) groups is 3. The molecule has 0 saturated carbocycles. The van der Waals surface area contributed by atoms with E-state index in [1.807, 2.05) is 0 Å². The zero-order valence-corrected chi connectivity index (χ0v) is 15.7. The molecule has 0 spiro atoms. The number of rotatable bonds is 3. The van der Waals surface area contributed by atoms with E-state index >= 15 is 0 Å². The van der Waals surface area contributed by atoms with Crippen molar-refractivity contribution in [3.05, 3.63) is 64.7 Å². The lowest BCUT2D eigenvalue weighted by atomic mass is 10.1. The Labute approximate surface area is 162 Å². The molecule has 2 aromatic carbocycles. The van der Waals surface area contributed by atoms with Gasteiger partial charge in [0, 0.05) is 44.2 Å². The van der Waals surface area contributed by atoms with E-state index in [9.17, 15) is 14.4 Å². The Morgan fingerprint density at radius 3 is 2.00 bits per heavy atom. The molecule has 2 aromatic rings. The van der Waals surface area contributed by atoms with Gasteiger partial charge in [0.25, 0.3) is 11.8 Å². The molecule has 7 heteroatoms. The number of amides is 3. The molecule has 1 aliphatic heterocycles. The fourth-order valence-corrected chi connectivity index (χ4v) is 3.11. The zero-order chi connectivity index (χ0) is 19.4. The van der Waals surface area contributed by atoms with Gasteiger partial charge in [-0.15, -0.1) is 0 Å². The highest BCUT2D eigenvalue weighted by Gasteiger charge is 2.23. The van der Waals surface area contributed by atoms with Gasteiger partial charge in [0.2, 0.25) is 5.91 Å². The summed E-state index contributed by atoms with van der Waals surface area (Å²) in [4.78, 5) is 39.8. The molecule has 6 nitrogen and oxygen atoms in total. The van der Waals surface area contributed by atoms with Gasteiger partial charge in [-0.25, -0.2) is 0 Å². The monoisotopic (exact) mass is 385 g/mol. The lowest BCUT2D eigenvalue weighted by Crippen LogP contribution is -2.50. The summed E-state index contributed by atoms with van der Waals surface area (Å²) >= 11 is 6.05. The maximum atomic E-state index is 12.6. The van der Waals surface area contributed by atoms with Gasteiger partial charge in [0.1, 0.15) is 0 Å². The van der Waals surface area contributed by atoms with Crippen LogP contribution in [0.4, 0.5) is 5.69 Å². The van der Waals surface area contributed by atoms with Crippen LogP contribution in [0.1, 0.15) is 27.6 Å². The SMILES string of the molecule is CC(=O)N1CCN(C(=O)c2ccc(C(=O)Nc3ccccc3Cl)cc2)CC1. The van der Waals surface area contributed by atoms with Crippen LogP contribution in [0.25, 0.3) is 0 Å². The maximum Gasteiger partial charge on any atom is 0.255 e. The molecule has 1 heterocycles. The molecule has 0 bridgehead atoms. The van der Waals surface area contributed by atoms with E-state index in [0.717, 1.165) is 0 Å². The number of halogens is 1. The molecule has 0 radical (unpaired) electrons. The first-order valence-electron chi connectivity index (χ1n) is 8.66. The molecule has 1 aliphatic rings. The topological polar surface area (TPSA) is 69.7 Å². The Morgan fingerprint density at radius 2 is 1.41 bits per heavy atom. The molecule has 0 aliphatic carbocycles. The van der Waals surface area contributed by atoms with Gasteiger partial charge in [-0.1, -0.05) is 23.7 Å². The van der Waals surface area contributed by atoms with E-state index in [4.69, 9.17) is 11.6 Å². The first-order valence-corrected chi connectivity index (χ1v) is 9.04. The highest BCUT2D eigenvalue weighted by molar-refractivity contribution is 6.33. The second-order valence-corrected chi connectivity index (χ2v) is 6.72. The molecule has 27 heavy (non-hydrogen) atoms. The quantitative estimate of drug-likeness (QED) is 0.883. The van der Waals surface area contributed by atoms with E-state index < -0.39 is 0 Å². The van der Waals surface area contributed by atoms with Gasteiger partial charge in [-0.2, -0.15) is 0 Å². The third-order valence-electron chi connectivity index (χ3n) is 4.53. The number of nitrogens with one attached hydrogen (secondary N) is 1. The van der Waals surface area contributed by atoms with Crippen molar-refractivity contribution in [2.75, 3.05) is 31.5 Å². The Balaban J connectivity index is 1.63. The Bertz CT molecular complexity index is 859. The predicted molar refractivity (Wildman–Crippen MR) is 104 cm³/mol. The number of carbonyl (C=O) groups excluding carboxylic acids is 3. The molecule has 1 N–H and O–H groups in total. The Hall–Kier alpha value is -2.86. The van der Waals surface area contributed by atoms with E-state index in [2.05, 4.69) is 5.32 Å². The molecule has 3 amide bonds. The molecule has 0 unspecified atom stereocenters. The molecule has 0 aromatic heterocycles. The summed E-state index contributed by atoms with van der Waals surface area (Å²) < 4.78 is 0. The molecular weight excluding hydrogens is 366 g/mol. The number of hydrogen-bond donors (Lipinski definition) is 1. The van der Waals surface area contributed by atoms with Crippen LogP contribution in [0.3, 0.4) is 0 Å². The molecule has 0 atom stereocenters. The van der Waals surface area contributed by atoms with Gasteiger partial charge < -0.3 is 15.1 Å². The predicted octanol–water partition coefficient (Wildman–Crippen LogP) is 2.90. The lowest BCUT2D eigenvalue weighted by Gasteiger charge is -2.34. The van der Waals surface area contributed by atoms with Gasteiger partial charge in [-0.3, -0.25) is 14.4 Å². The molecule has 1 fully saturated rings. The van der Waals surface area contributed by atoms with Crippen LogP contribution in [0.15, 0.2) is 48.5 Å². The van der Waals surface area contributed by atoms with Crippen LogP contribution in [0.5, 0.6) is 0 Å². The number of nitrogens with zero attached hydrogens (tertiary/aromatic N) is 2. The van der Waals surface area contributed by atoms with Crippen molar-refractivity contribution in [1.82, 2.24) is 9.80 Å². The van der Waals surface area contributed by atoms with Crippen molar-refractivity contribution in [2.45, 2.75) is 6.92 Å². The number of para-hydroxylation sites is 1. The number of anilines is 1. The number of piperazine rings is 1. The molecule has 3 rings (SSSR count). The Kier molecular flexibility index (Phi) is 5.76. The second-order valence-electron chi connectivity index (χ2n) is 6.31. The normalized spacial score (nSPS) is 14.0. The largest absolute Gasteiger partial charge is 0.339 e. The summed E-state index contributed by atoms with van der Waals surface area (Å²) in [6, 6.07) is 13.5. The van der Waals surface area contributed by atoms with Gasteiger partial charge in [-0.05, 0) is 36.4 Å². The van der Waals surface area contributed by atoms with E-state index in [1.165, 1.54) is 6.92 Å². The molecule has 1 saturated heterocycles. The third-order valence-corrected chi connectivity index (χ3v) is 4.86. The van der Waals surface area contributed by atoms with Crippen LogP contribution >= 0.6 is 11.6 Å². The van der Waals surface area contributed by atoms with Crippen LogP contribution in [-0.2, 0) is 4.79 Å². The zero-order valence-electron chi connectivity index (χ0n) is 14.9. The van der Waals surface area contributed by atoms with Crippen LogP contribution < -0.4 is 5.32 Å². The maximum absolute atomic E-state index is 12.6. The second kappa shape index (κ2) is 8.22. The lowest BCUT2D eigenvalue weighted by molar-refractivity contribution is -0.130. The van der Waals surface area contributed by atoms with Crippen molar-refractivity contribution >= 4 is 35.0 Å². The van der Waals surface area contributed by atoms with Crippen LogP contribution in [0, 0.1) is 0 Å². The highest BCUT2D eigenvalue weighted by Crippen LogP contribution is 2.21. The van der Waals surface area contributed by atoms with Crippen molar-refractivity contribution in [3.8, 4) is 0 Å². The Morgan fingerprint density at radius 1 is 0.852 bits per heavy atom. The average molecular weight is 386 g/mol. The fourth-order valence-electron chi connectivity index (χ4n) is 2.93. The average Bonchev–Trinajstić information content (AvgIpc) is 2.69. The first-order chi connectivity index (χ1) is 13.0. The van der Waals surface area contributed by atoms with Gasteiger partial charge >= 0.3 is 0 Å². The summed E-state index contributed by atoms with van der Waals surface area (Å²) in [5, 5.41) is 3.21. The van der Waals surface area contributed by atoms with Crippen LogP contribution in [0.2, 0.25) is 5.02 Å². The van der Waals surface area contributed by atoms with Crippen LogP contribution in [-0.4, -0.2) is 53.7 Å². The number of benzene rings is 2. The minimum absolute atomic E-state index is 0.0241. The minimum Gasteiger partial charge on any atom is -0.339 e. The van der Waals surface area contributed by atoms with Gasteiger partial charge in [0.15, 0.2) is 0 Å². The molecular formula is C20H20ClN3O3. The van der Waals surface area contributed by atoms with Crippen molar-refractivity contribution < 1.29 is 14.4 Å². The van der Waals surface area contributed by atoms with Crippen molar-refractivity contribution in [2.24, 2.45) is 0 Å². The molecule has 140 valence electrons. The summed E-state index contributed by atoms with van der Waals surface area (Å²) in [6.45, 7) is 3.63. The fraction of sp³-hybridized carbons (Fsp3) is 0.250. The van der Waals surface area contributed by atoms with E-state index in [-0.39, 0.29) is 17.7 Å². The third kappa shape index (κ3) is 4.46. The van der Waals surface area contributed by atoms with Crippen molar-refractivity contribution in [1.29, 1.82) is 0 Å². The first kappa shape index (κ1) is 18.9. The highest BCUT2D eigenvalue weighted by atomic mass is 35.5. The van der Waals surface area contributed by atoms with E-state index in [1.54, 1.807) is 58.3 Å². The summed E-state index contributed by atoms with van der Waals surface area (Å²) in [6.07, 6.45) is 0. The summed E-state index contributed by atoms with van der Waals surface area (Å²) in [7, 11) is 0. The minimum atomic E-state index is -0.294. The summed E-state index contributed by atoms with van der Waals surface area (Å²) in [5.41, 5.74) is 1.49. The summed E-state index contributed by atoms with van der Waals surface area (Å²) in [5.74, 6) is -0.371.